The van der Waals surface area contributed by atoms with Gasteiger partial charge in [-0.05, 0) is 37.4 Å². The van der Waals surface area contributed by atoms with Gasteiger partial charge in [0.2, 0.25) is 5.95 Å². The number of nitrogens with one attached hydrogen (secondary N) is 2. The number of carbonyl (C=O) groups excluding carboxylic acids is 1. The van der Waals surface area contributed by atoms with Crippen LogP contribution in [0.25, 0.3) is 11.4 Å². The molecule has 0 bridgehead atoms. The molecule has 2 aliphatic heterocycles. The quantitative estimate of drug-likeness (QED) is 0.397. The number of alkyl halides is 6. The molecule has 222 valence electrons. The van der Waals surface area contributed by atoms with Crippen LogP contribution < -0.4 is 20.3 Å². The van der Waals surface area contributed by atoms with Gasteiger partial charge >= 0.3 is 12.5 Å². The Morgan fingerprint density at radius 3 is 2.46 bits per heavy atom. The molecule has 0 spiro atoms. The standard InChI is InChI=1S/C25H25F6N7O2.ClH/c1-36-8-10-37(11-9-36)15-2-3-21(40-25(29,30)31)18(12-15)35-23-33-6-4-17(34-23)20-13-16-19(5-7-32-22(16)39)38(20)14-24(26,27)28;/h2-4,6,12-13H,5,7-11,14H2,1H3,(H,32,39)(H,33,34,35);1H. The van der Waals surface area contributed by atoms with Crippen LogP contribution in [0.15, 0.2) is 36.5 Å². The maximum atomic E-state index is 13.5. The van der Waals surface area contributed by atoms with E-state index in [2.05, 4.69) is 30.2 Å². The summed E-state index contributed by atoms with van der Waals surface area (Å²) < 4.78 is 85.0. The number of aromatic nitrogens is 3. The van der Waals surface area contributed by atoms with Crippen molar-refractivity contribution in [2.45, 2.75) is 25.5 Å². The maximum absolute atomic E-state index is 13.5. The van der Waals surface area contributed by atoms with Crippen molar-refractivity contribution in [3.63, 3.8) is 0 Å². The molecule has 5 rings (SSSR count). The van der Waals surface area contributed by atoms with E-state index in [1.165, 1.54) is 36.5 Å². The zero-order valence-electron chi connectivity index (χ0n) is 21.6. The maximum Gasteiger partial charge on any atom is 0.573 e. The summed E-state index contributed by atoms with van der Waals surface area (Å²) in [6.07, 6.45) is -8.07. The second kappa shape index (κ2) is 11.6. The van der Waals surface area contributed by atoms with E-state index >= 15 is 0 Å². The Bertz CT molecular complexity index is 1400. The number of carbonyl (C=O) groups is 1. The normalized spacial score (nSPS) is 16.1. The molecule has 16 heteroatoms. The van der Waals surface area contributed by atoms with Gasteiger partial charge in [0.15, 0.2) is 5.75 Å². The Hall–Kier alpha value is -3.72. The molecular formula is C25H26ClF6N7O2. The summed E-state index contributed by atoms with van der Waals surface area (Å²) in [6, 6.07) is 6.89. The third kappa shape index (κ3) is 7.14. The topological polar surface area (TPSA) is 87.5 Å². The molecule has 1 amide bonds. The Balaban J connectivity index is 0.00000387. The van der Waals surface area contributed by atoms with Crippen LogP contribution in [0, 0.1) is 0 Å². The molecule has 1 saturated heterocycles. The molecule has 41 heavy (non-hydrogen) atoms. The highest BCUT2D eigenvalue weighted by molar-refractivity contribution is 5.98. The minimum absolute atomic E-state index is 0. The van der Waals surface area contributed by atoms with Gasteiger partial charge in [0.25, 0.3) is 5.91 Å². The second-order valence-electron chi connectivity index (χ2n) is 9.51. The fourth-order valence-corrected chi connectivity index (χ4v) is 4.79. The van der Waals surface area contributed by atoms with Crippen molar-refractivity contribution in [3.05, 3.63) is 47.8 Å². The van der Waals surface area contributed by atoms with Gasteiger partial charge in [-0.3, -0.25) is 4.79 Å². The zero-order valence-corrected chi connectivity index (χ0v) is 22.5. The van der Waals surface area contributed by atoms with Crippen molar-refractivity contribution >= 4 is 35.6 Å². The third-order valence-electron chi connectivity index (χ3n) is 6.66. The van der Waals surface area contributed by atoms with Crippen molar-refractivity contribution < 1.29 is 35.9 Å². The lowest BCUT2D eigenvalue weighted by molar-refractivity contribution is -0.274. The van der Waals surface area contributed by atoms with Gasteiger partial charge in [-0.25, -0.2) is 9.97 Å². The Labute approximate surface area is 236 Å². The largest absolute Gasteiger partial charge is 0.573 e. The van der Waals surface area contributed by atoms with Gasteiger partial charge in [0.1, 0.15) is 6.54 Å². The van der Waals surface area contributed by atoms with Gasteiger partial charge < -0.3 is 29.7 Å². The highest BCUT2D eigenvalue weighted by Crippen LogP contribution is 2.36. The van der Waals surface area contributed by atoms with E-state index in [0.29, 0.717) is 18.8 Å². The number of nitrogens with zero attached hydrogens (tertiary/aromatic N) is 5. The van der Waals surface area contributed by atoms with Crippen molar-refractivity contribution in [2.24, 2.45) is 0 Å². The van der Waals surface area contributed by atoms with Crippen LogP contribution in [0.2, 0.25) is 0 Å². The van der Waals surface area contributed by atoms with Crippen LogP contribution in [0.3, 0.4) is 0 Å². The number of amides is 1. The summed E-state index contributed by atoms with van der Waals surface area (Å²) in [4.78, 5) is 24.8. The van der Waals surface area contributed by atoms with Crippen LogP contribution in [-0.4, -0.2) is 77.7 Å². The molecule has 9 nitrogen and oxygen atoms in total. The Kier molecular flexibility index (Phi) is 8.59. The lowest BCUT2D eigenvalue weighted by atomic mass is 10.1. The van der Waals surface area contributed by atoms with Gasteiger partial charge in [0.05, 0.1) is 22.6 Å². The van der Waals surface area contributed by atoms with Crippen LogP contribution in [0.1, 0.15) is 16.1 Å². The number of hydrogen-bond donors (Lipinski definition) is 2. The molecule has 0 saturated carbocycles. The molecular weight excluding hydrogens is 580 g/mol. The number of fused-ring (bicyclic) bond motifs is 1. The molecule has 0 unspecified atom stereocenters. The van der Waals surface area contributed by atoms with Crippen LogP contribution in [0.4, 0.5) is 43.7 Å². The summed E-state index contributed by atoms with van der Waals surface area (Å²) in [7, 11) is 1.98. The fourth-order valence-electron chi connectivity index (χ4n) is 4.79. The summed E-state index contributed by atoms with van der Waals surface area (Å²) in [5.74, 6) is -1.18. The van der Waals surface area contributed by atoms with Crippen LogP contribution in [0.5, 0.6) is 5.75 Å². The van der Waals surface area contributed by atoms with Crippen molar-refractivity contribution in [1.82, 2.24) is 24.8 Å². The summed E-state index contributed by atoms with van der Waals surface area (Å²) in [5, 5.41) is 5.34. The molecule has 1 fully saturated rings. The minimum atomic E-state index is -4.97. The lowest BCUT2D eigenvalue weighted by Gasteiger charge is -2.34. The van der Waals surface area contributed by atoms with Crippen molar-refractivity contribution in [2.75, 3.05) is 50.0 Å². The van der Waals surface area contributed by atoms with Crippen molar-refractivity contribution in [1.29, 1.82) is 0 Å². The molecule has 0 atom stereocenters. The molecule has 0 aliphatic carbocycles. The number of likely N-dealkylation sites (N-methyl/N-ethyl adjacent to an activating group) is 1. The fraction of sp³-hybridized carbons (Fsp3) is 0.400. The summed E-state index contributed by atoms with van der Waals surface area (Å²) in [6.45, 7) is 1.72. The highest BCUT2D eigenvalue weighted by atomic mass is 35.5. The summed E-state index contributed by atoms with van der Waals surface area (Å²) in [5.41, 5.74) is 0.999. The molecule has 1 aromatic carbocycles. The van der Waals surface area contributed by atoms with Crippen molar-refractivity contribution in [3.8, 4) is 17.1 Å². The Morgan fingerprint density at radius 1 is 1.05 bits per heavy atom. The predicted molar refractivity (Wildman–Crippen MR) is 141 cm³/mol. The molecule has 0 radical (unpaired) electrons. The molecule has 4 heterocycles. The minimum Gasteiger partial charge on any atom is -0.404 e. The first-order valence-corrected chi connectivity index (χ1v) is 12.4. The third-order valence-corrected chi connectivity index (χ3v) is 6.66. The van der Waals surface area contributed by atoms with E-state index in [-0.39, 0.29) is 59.7 Å². The van der Waals surface area contributed by atoms with Crippen LogP contribution >= 0.6 is 12.4 Å². The van der Waals surface area contributed by atoms with E-state index in [0.717, 1.165) is 17.7 Å². The number of rotatable bonds is 6. The smallest absolute Gasteiger partial charge is 0.404 e. The predicted octanol–water partition coefficient (Wildman–Crippen LogP) is 4.61. The zero-order chi connectivity index (χ0) is 28.7. The monoisotopic (exact) mass is 605 g/mol. The lowest BCUT2D eigenvalue weighted by Crippen LogP contribution is -2.44. The van der Waals surface area contributed by atoms with Gasteiger partial charge in [-0.1, -0.05) is 0 Å². The Morgan fingerprint density at radius 2 is 1.78 bits per heavy atom. The van der Waals surface area contributed by atoms with Crippen LogP contribution in [-0.2, 0) is 13.0 Å². The first kappa shape index (κ1) is 30.2. The number of halogens is 7. The number of piperazine rings is 1. The molecule has 3 aromatic rings. The molecule has 2 aromatic heterocycles. The number of ether oxygens (including phenoxy) is 1. The number of anilines is 3. The summed E-state index contributed by atoms with van der Waals surface area (Å²) >= 11 is 0. The SMILES string of the molecule is CN1CCN(c2ccc(OC(F)(F)F)c(Nc3nccc(-c4cc5c(n4CC(F)(F)F)CCNC5=O)n3)c2)CC1.Cl. The van der Waals surface area contributed by atoms with E-state index in [4.69, 9.17) is 0 Å². The van der Waals surface area contributed by atoms with E-state index < -0.39 is 30.7 Å². The molecule has 2 aliphatic rings. The second-order valence-corrected chi connectivity index (χ2v) is 9.51. The first-order valence-electron chi connectivity index (χ1n) is 12.4. The average molecular weight is 606 g/mol. The average Bonchev–Trinajstić information content (AvgIpc) is 3.23. The van der Waals surface area contributed by atoms with Gasteiger partial charge in [-0.15, -0.1) is 25.6 Å². The van der Waals surface area contributed by atoms with Gasteiger partial charge in [0, 0.05) is 56.7 Å². The highest BCUT2D eigenvalue weighted by Gasteiger charge is 2.34. The van der Waals surface area contributed by atoms with Gasteiger partial charge in [-0.2, -0.15) is 13.2 Å². The van der Waals surface area contributed by atoms with E-state index in [9.17, 15) is 31.1 Å². The number of benzene rings is 1. The first-order chi connectivity index (χ1) is 18.9. The van der Waals surface area contributed by atoms with E-state index in [1.54, 1.807) is 0 Å². The molecule has 2 N–H and O–H groups in total. The van der Waals surface area contributed by atoms with E-state index in [1.807, 2.05) is 11.9 Å². The number of hydrogen-bond acceptors (Lipinski definition) is 7.